The standard InChI is InChI=1S/C29H24N4O2/c34-32-28(24-17-9-3-10-18-24)26(22-13-5-1-6-14-22)30-21-31-27(23-15-7-2-8-16-23)29(33-35)25-19-11-4-12-20-25/h1-20,34-35H,21H2. The summed E-state index contributed by atoms with van der Waals surface area (Å²) >= 11 is 0. The van der Waals surface area contributed by atoms with Gasteiger partial charge in [-0.05, 0) is 0 Å². The first kappa shape index (κ1) is 23.3. The van der Waals surface area contributed by atoms with Gasteiger partial charge in [0.1, 0.15) is 18.1 Å². The first-order valence-electron chi connectivity index (χ1n) is 11.1. The Balaban J connectivity index is 1.78. The van der Waals surface area contributed by atoms with Crippen molar-refractivity contribution < 1.29 is 10.4 Å². The molecule has 0 amide bonds. The van der Waals surface area contributed by atoms with Crippen molar-refractivity contribution in [2.24, 2.45) is 20.3 Å². The van der Waals surface area contributed by atoms with Gasteiger partial charge in [-0.15, -0.1) is 0 Å². The van der Waals surface area contributed by atoms with Gasteiger partial charge in [-0.2, -0.15) is 0 Å². The minimum Gasteiger partial charge on any atom is -0.410 e. The molecule has 0 fully saturated rings. The van der Waals surface area contributed by atoms with E-state index in [0.717, 1.165) is 22.3 Å². The van der Waals surface area contributed by atoms with Crippen molar-refractivity contribution in [1.82, 2.24) is 0 Å². The number of hydrogen-bond donors (Lipinski definition) is 2. The maximum atomic E-state index is 9.89. The first-order valence-corrected chi connectivity index (χ1v) is 11.1. The lowest BCUT2D eigenvalue weighted by molar-refractivity contribution is 0.320. The largest absolute Gasteiger partial charge is 0.410 e. The zero-order chi connectivity index (χ0) is 24.3. The summed E-state index contributed by atoms with van der Waals surface area (Å²) in [6, 6.07) is 37.7. The molecule has 0 saturated heterocycles. The lowest BCUT2D eigenvalue weighted by Gasteiger charge is -2.11. The smallest absolute Gasteiger partial charge is 0.135 e. The average Bonchev–Trinajstić information content (AvgIpc) is 2.94. The molecule has 0 radical (unpaired) electrons. The summed E-state index contributed by atoms with van der Waals surface area (Å²) in [6.45, 7) is 0.0200. The quantitative estimate of drug-likeness (QED) is 0.201. The van der Waals surface area contributed by atoms with Gasteiger partial charge in [-0.3, -0.25) is 9.98 Å². The Morgan fingerprint density at radius 1 is 0.400 bits per heavy atom. The molecule has 4 rings (SSSR count). The molecule has 0 bridgehead atoms. The zero-order valence-corrected chi connectivity index (χ0v) is 18.9. The maximum absolute atomic E-state index is 9.89. The van der Waals surface area contributed by atoms with Gasteiger partial charge in [-0.1, -0.05) is 132 Å². The maximum Gasteiger partial charge on any atom is 0.135 e. The van der Waals surface area contributed by atoms with Crippen LogP contribution < -0.4 is 0 Å². The second-order valence-corrected chi connectivity index (χ2v) is 7.52. The highest BCUT2D eigenvalue weighted by Crippen LogP contribution is 2.13. The third-order valence-electron chi connectivity index (χ3n) is 5.30. The first-order chi connectivity index (χ1) is 17.3. The summed E-state index contributed by atoms with van der Waals surface area (Å²) < 4.78 is 0. The van der Waals surface area contributed by atoms with Crippen molar-refractivity contribution in [3.63, 3.8) is 0 Å². The fourth-order valence-corrected chi connectivity index (χ4v) is 3.65. The van der Waals surface area contributed by atoms with E-state index in [0.29, 0.717) is 22.8 Å². The summed E-state index contributed by atoms with van der Waals surface area (Å²) in [5.41, 5.74) is 4.72. The van der Waals surface area contributed by atoms with Gasteiger partial charge in [-0.25, -0.2) is 0 Å². The molecule has 0 aliphatic carbocycles. The van der Waals surface area contributed by atoms with Crippen LogP contribution in [0, 0.1) is 0 Å². The van der Waals surface area contributed by atoms with Crippen molar-refractivity contribution in [3.8, 4) is 0 Å². The number of aliphatic imine (C=N–C) groups is 2. The molecule has 4 aromatic carbocycles. The molecule has 35 heavy (non-hydrogen) atoms. The lowest BCUT2D eigenvalue weighted by Crippen LogP contribution is -2.20. The van der Waals surface area contributed by atoms with E-state index in [1.165, 1.54) is 0 Å². The van der Waals surface area contributed by atoms with Crippen LogP contribution in [-0.4, -0.2) is 39.9 Å². The molecular formula is C29H24N4O2. The summed E-state index contributed by atoms with van der Waals surface area (Å²) in [6.07, 6.45) is 0. The van der Waals surface area contributed by atoms with E-state index < -0.39 is 0 Å². The predicted molar refractivity (Wildman–Crippen MR) is 140 cm³/mol. The molecule has 0 unspecified atom stereocenters. The van der Waals surface area contributed by atoms with Crippen molar-refractivity contribution in [2.45, 2.75) is 0 Å². The van der Waals surface area contributed by atoms with Crippen LogP contribution >= 0.6 is 0 Å². The second kappa shape index (κ2) is 11.9. The number of hydrogen-bond acceptors (Lipinski definition) is 6. The van der Waals surface area contributed by atoms with Gasteiger partial charge in [0.25, 0.3) is 0 Å². The second-order valence-electron chi connectivity index (χ2n) is 7.52. The molecule has 2 N–H and O–H groups in total. The fourth-order valence-electron chi connectivity index (χ4n) is 3.65. The van der Waals surface area contributed by atoms with E-state index in [2.05, 4.69) is 10.3 Å². The normalized spacial score (nSPS) is 13.0. The minimum atomic E-state index is 0.0200. The van der Waals surface area contributed by atoms with Crippen LogP contribution in [0.5, 0.6) is 0 Å². The van der Waals surface area contributed by atoms with Crippen molar-refractivity contribution >= 4 is 22.8 Å². The Hall–Kier alpha value is -4.84. The van der Waals surface area contributed by atoms with Crippen LogP contribution in [0.25, 0.3) is 0 Å². The molecule has 172 valence electrons. The monoisotopic (exact) mass is 460 g/mol. The van der Waals surface area contributed by atoms with Crippen LogP contribution in [0.1, 0.15) is 22.3 Å². The Labute approximate surface area is 204 Å². The van der Waals surface area contributed by atoms with Gasteiger partial charge in [0.15, 0.2) is 0 Å². The molecule has 0 aromatic heterocycles. The number of rotatable bonds is 8. The average molecular weight is 461 g/mol. The molecular weight excluding hydrogens is 436 g/mol. The van der Waals surface area contributed by atoms with E-state index >= 15 is 0 Å². The van der Waals surface area contributed by atoms with E-state index in [4.69, 9.17) is 9.98 Å². The van der Waals surface area contributed by atoms with Gasteiger partial charge in [0, 0.05) is 22.3 Å². The van der Waals surface area contributed by atoms with E-state index in [1.54, 1.807) is 0 Å². The Kier molecular flexibility index (Phi) is 7.90. The SMILES string of the molecule is ON=C(C(=NCN=C(C(=NO)c1ccccc1)c1ccccc1)c1ccccc1)c1ccccc1. The Bertz CT molecular complexity index is 1240. The molecule has 0 spiro atoms. The molecule has 0 heterocycles. The fraction of sp³-hybridized carbons (Fsp3) is 0.0345. The third kappa shape index (κ3) is 5.75. The highest BCUT2D eigenvalue weighted by molar-refractivity contribution is 6.54. The highest BCUT2D eigenvalue weighted by Gasteiger charge is 2.17. The molecule has 4 aromatic rings. The molecule has 0 aliphatic heterocycles. The molecule has 6 nitrogen and oxygen atoms in total. The third-order valence-corrected chi connectivity index (χ3v) is 5.30. The number of benzene rings is 4. The lowest BCUT2D eigenvalue weighted by atomic mass is 9.99. The van der Waals surface area contributed by atoms with Gasteiger partial charge < -0.3 is 10.4 Å². The van der Waals surface area contributed by atoms with Crippen LogP contribution in [0.3, 0.4) is 0 Å². The summed E-state index contributed by atoms with van der Waals surface area (Å²) in [5.74, 6) is 0. The molecule has 6 heteroatoms. The number of nitrogens with zero attached hydrogens (tertiary/aromatic N) is 4. The van der Waals surface area contributed by atoms with E-state index in [-0.39, 0.29) is 6.67 Å². The van der Waals surface area contributed by atoms with Crippen molar-refractivity contribution in [2.75, 3.05) is 6.67 Å². The van der Waals surface area contributed by atoms with Crippen LogP contribution in [-0.2, 0) is 0 Å². The van der Waals surface area contributed by atoms with Crippen molar-refractivity contribution in [3.05, 3.63) is 144 Å². The molecule has 0 saturated carbocycles. The predicted octanol–water partition coefficient (Wildman–Crippen LogP) is 5.68. The van der Waals surface area contributed by atoms with Gasteiger partial charge in [0.05, 0.1) is 11.4 Å². The van der Waals surface area contributed by atoms with Gasteiger partial charge in [0.2, 0.25) is 0 Å². The zero-order valence-electron chi connectivity index (χ0n) is 18.9. The molecule has 0 atom stereocenters. The van der Waals surface area contributed by atoms with Crippen LogP contribution in [0.2, 0.25) is 0 Å². The number of oxime groups is 2. The summed E-state index contributed by atoms with van der Waals surface area (Å²) in [4.78, 5) is 9.44. The van der Waals surface area contributed by atoms with Gasteiger partial charge >= 0.3 is 0 Å². The van der Waals surface area contributed by atoms with Crippen LogP contribution in [0.4, 0.5) is 0 Å². The highest BCUT2D eigenvalue weighted by atomic mass is 16.4. The van der Waals surface area contributed by atoms with Crippen molar-refractivity contribution in [1.29, 1.82) is 0 Å². The Morgan fingerprint density at radius 2 is 0.657 bits per heavy atom. The summed E-state index contributed by atoms with van der Waals surface area (Å²) in [5, 5.41) is 26.9. The Morgan fingerprint density at radius 3 is 0.914 bits per heavy atom. The minimum absolute atomic E-state index is 0.0200. The summed E-state index contributed by atoms with van der Waals surface area (Å²) in [7, 11) is 0. The topological polar surface area (TPSA) is 89.9 Å². The van der Waals surface area contributed by atoms with E-state index in [1.807, 2.05) is 121 Å². The molecule has 0 aliphatic rings. The van der Waals surface area contributed by atoms with E-state index in [9.17, 15) is 10.4 Å². The van der Waals surface area contributed by atoms with Crippen LogP contribution in [0.15, 0.2) is 142 Å².